The third kappa shape index (κ3) is 3.10. The largest absolute Gasteiger partial charge is 0.477 e. The summed E-state index contributed by atoms with van der Waals surface area (Å²) in [6.07, 6.45) is 4.97. The van der Waals surface area contributed by atoms with Crippen LogP contribution in [0.1, 0.15) is 32.6 Å². The molecule has 21 heavy (non-hydrogen) atoms. The quantitative estimate of drug-likeness (QED) is 0.765. The Morgan fingerprint density at radius 1 is 1.43 bits per heavy atom. The van der Waals surface area contributed by atoms with Gasteiger partial charge in [0.25, 0.3) is 0 Å². The van der Waals surface area contributed by atoms with Crippen LogP contribution in [0.2, 0.25) is 0 Å². The second kappa shape index (κ2) is 5.89. The van der Waals surface area contributed by atoms with Gasteiger partial charge in [0.15, 0.2) is 0 Å². The first-order chi connectivity index (χ1) is 9.84. The number of piperidine rings is 1. The van der Waals surface area contributed by atoms with Gasteiger partial charge in [0.1, 0.15) is 5.70 Å². The highest BCUT2D eigenvalue weighted by atomic mass is 16.4. The molecular weight excluding hydrogens is 270 g/mol. The predicted molar refractivity (Wildman–Crippen MR) is 78.7 cm³/mol. The van der Waals surface area contributed by atoms with E-state index in [9.17, 15) is 14.7 Å². The molecule has 0 aromatic rings. The van der Waals surface area contributed by atoms with Crippen molar-refractivity contribution in [2.45, 2.75) is 38.6 Å². The first-order valence-electron chi connectivity index (χ1n) is 7.37. The molecule has 0 radical (unpaired) electrons. The maximum Gasteiger partial charge on any atom is 0.365 e. The summed E-state index contributed by atoms with van der Waals surface area (Å²) < 4.78 is 0.00769. The number of aliphatic carboxylic acids is 1. The van der Waals surface area contributed by atoms with Crippen molar-refractivity contribution in [3.63, 3.8) is 0 Å². The molecule has 116 valence electrons. The number of hydrogen-bond acceptors (Lipinski definition) is 3. The molecule has 0 bridgehead atoms. The van der Waals surface area contributed by atoms with Crippen LogP contribution in [0.3, 0.4) is 0 Å². The number of carbonyl (C=O) groups excluding carboxylic acids is 1. The Hall–Kier alpha value is -1.82. The number of amides is 1. The Labute approximate surface area is 125 Å². The van der Waals surface area contributed by atoms with E-state index < -0.39 is 12.0 Å². The summed E-state index contributed by atoms with van der Waals surface area (Å²) in [6.45, 7) is 7.15. The summed E-state index contributed by atoms with van der Waals surface area (Å²) >= 11 is 0. The number of nitrogens with one attached hydrogen (secondary N) is 1. The molecule has 2 aliphatic heterocycles. The molecule has 0 aromatic heterocycles. The lowest BCUT2D eigenvalue weighted by atomic mass is 10.1. The highest BCUT2D eigenvalue weighted by molar-refractivity contribution is 5.83. The Balaban J connectivity index is 2.13. The Bertz CT molecular complexity index is 494. The topological polar surface area (TPSA) is 69.6 Å². The van der Waals surface area contributed by atoms with Crippen LogP contribution in [-0.4, -0.2) is 52.7 Å². The van der Waals surface area contributed by atoms with Crippen molar-refractivity contribution < 1.29 is 19.3 Å². The standard InChI is InChI=1S/C15H23N3O3/c1-11-9-12(2)18(3,16-11)13(15(20)21)10-14(19)17-7-5-4-6-8-17/h9,13,16H,1,4-8,10H2,2-3H3/p+1/t13-,18?/m0/s1. The molecule has 0 aromatic carbocycles. The van der Waals surface area contributed by atoms with Crippen molar-refractivity contribution in [2.75, 3.05) is 20.1 Å². The zero-order chi connectivity index (χ0) is 15.6. The lowest BCUT2D eigenvalue weighted by Gasteiger charge is -2.36. The lowest BCUT2D eigenvalue weighted by molar-refractivity contribution is -0.922. The SMILES string of the molecule is C=C1C=C(C)[N+](C)([C@@H](CC(=O)N2CCCCC2)C(=O)O)N1. The van der Waals surface area contributed by atoms with Gasteiger partial charge in [-0.1, -0.05) is 6.58 Å². The van der Waals surface area contributed by atoms with Crippen molar-refractivity contribution in [3.8, 4) is 0 Å². The molecule has 0 saturated carbocycles. The molecule has 6 heteroatoms. The maximum atomic E-state index is 12.4. The third-order valence-corrected chi connectivity index (χ3v) is 4.48. The molecule has 2 rings (SSSR count). The van der Waals surface area contributed by atoms with Crippen LogP contribution < -0.4 is 5.43 Å². The van der Waals surface area contributed by atoms with E-state index >= 15 is 0 Å². The Morgan fingerprint density at radius 2 is 2.05 bits per heavy atom. The van der Waals surface area contributed by atoms with Gasteiger partial charge in [-0.2, -0.15) is 4.59 Å². The van der Waals surface area contributed by atoms with Crippen LogP contribution in [0.25, 0.3) is 0 Å². The molecule has 2 aliphatic rings. The minimum absolute atomic E-state index is 0.00269. The van der Waals surface area contributed by atoms with E-state index in [2.05, 4.69) is 12.0 Å². The maximum absolute atomic E-state index is 12.4. The van der Waals surface area contributed by atoms with Gasteiger partial charge in [-0.05, 0) is 19.3 Å². The summed E-state index contributed by atoms with van der Waals surface area (Å²) in [5.41, 5.74) is 4.59. The van der Waals surface area contributed by atoms with Crippen LogP contribution >= 0.6 is 0 Å². The molecule has 1 unspecified atom stereocenters. The van der Waals surface area contributed by atoms with E-state index in [4.69, 9.17) is 0 Å². The smallest absolute Gasteiger partial charge is 0.365 e. The molecule has 0 aliphatic carbocycles. The van der Waals surface area contributed by atoms with Gasteiger partial charge >= 0.3 is 5.97 Å². The van der Waals surface area contributed by atoms with E-state index in [-0.39, 0.29) is 16.9 Å². The molecular formula is C15H24N3O3+. The van der Waals surface area contributed by atoms with Crippen molar-refractivity contribution in [1.29, 1.82) is 0 Å². The van der Waals surface area contributed by atoms with Crippen LogP contribution in [0, 0.1) is 0 Å². The average Bonchev–Trinajstić information content (AvgIpc) is 2.70. The molecule has 2 heterocycles. The molecule has 2 N–H and O–H groups in total. The third-order valence-electron chi connectivity index (χ3n) is 4.48. The summed E-state index contributed by atoms with van der Waals surface area (Å²) in [5, 5.41) is 9.57. The van der Waals surface area contributed by atoms with Gasteiger partial charge in [-0.25, -0.2) is 10.2 Å². The zero-order valence-electron chi connectivity index (χ0n) is 12.8. The highest BCUT2D eigenvalue weighted by Gasteiger charge is 2.46. The van der Waals surface area contributed by atoms with Gasteiger partial charge in [0.05, 0.1) is 19.2 Å². The number of carbonyl (C=O) groups is 2. The number of carboxylic acid groups (broad SMARTS) is 1. The van der Waals surface area contributed by atoms with Gasteiger partial charge in [0.2, 0.25) is 11.9 Å². The molecule has 1 fully saturated rings. The summed E-state index contributed by atoms with van der Waals surface area (Å²) in [7, 11) is 1.77. The second-order valence-electron chi connectivity index (χ2n) is 6.00. The lowest BCUT2D eigenvalue weighted by Crippen LogP contribution is -2.60. The normalized spacial score (nSPS) is 27.0. The van der Waals surface area contributed by atoms with E-state index in [1.165, 1.54) is 0 Å². The van der Waals surface area contributed by atoms with E-state index in [1.54, 1.807) is 11.9 Å². The second-order valence-corrected chi connectivity index (χ2v) is 6.00. The molecule has 6 nitrogen and oxygen atoms in total. The van der Waals surface area contributed by atoms with Crippen molar-refractivity contribution >= 4 is 11.9 Å². The van der Waals surface area contributed by atoms with E-state index in [0.717, 1.165) is 38.0 Å². The minimum atomic E-state index is -0.974. The van der Waals surface area contributed by atoms with Crippen molar-refractivity contribution in [2.24, 2.45) is 0 Å². The fourth-order valence-electron chi connectivity index (χ4n) is 3.06. The fraction of sp³-hybridized carbons (Fsp3) is 0.600. The summed E-state index contributed by atoms with van der Waals surface area (Å²) in [4.78, 5) is 25.8. The highest BCUT2D eigenvalue weighted by Crippen LogP contribution is 2.27. The van der Waals surface area contributed by atoms with Crippen LogP contribution in [0.15, 0.2) is 24.0 Å². The first-order valence-corrected chi connectivity index (χ1v) is 7.37. The van der Waals surface area contributed by atoms with Gasteiger partial charge in [-0.15, -0.1) is 0 Å². The molecule has 0 spiro atoms. The van der Waals surface area contributed by atoms with Gasteiger partial charge in [-0.3, -0.25) is 4.79 Å². The number of likely N-dealkylation sites (tertiary alicyclic amines) is 1. The number of quaternary nitrogens is 1. The van der Waals surface area contributed by atoms with Gasteiger partial charge < -0.3 is 10.0 Å². The molecule has 2 atom stereocenters. The average molecular weight is 294 g/mol. The zero-order valence-corrected chi connectivity index (χ0v) is 12.8. The predicted octanol–water partition coefficient (Wildman–Crippen LogP) is 1.22. The number of allylic oxidation sites excluding steroid dienone is 2. The van der Waals surface area contributed by atoms with E-state index in [1.807, 2.05) is 13.0 Å². The monoisotopic (exact) mass is 294 g/mol. The van der Waals surface area contributed by atoms with E-state index in [0.29, 0.717) is 5.70 Å². The number of nitrogens with zero attached hydrogens (tertiary/aromatic N) is 2. The fourth-order valence-corrected chi connectivity index (χ4v) is 3.06. The van der Waals surface area contributed by atoms with Crippen molar-refractivity contribution in [1.82, 2.24) is 10.3 Å². The Morgan fingerprint density at radius 3 is 2.52 bits per heavy atom. The molecule has 1 saturated heterocycles. The van der Waals surface area contributed by atoms with Crippen molar-refractivity contribution in [3.05, 3.63) is 24.0 Å². The first kappa shape index (κ1) is 15.6. The Kier molecular flexibility index (Phi) is 4.37. The summed E-state index contributed by atoms with van der Waals surface area (Å²) in [5.74, 6) is -1.05. The van der Waals surface area contributed by atoms with Crippen LogP contribution in [-0.2, 0) is 9.59 Å². The van der Waals surface area contributed by atoms with Crippen LogP contribution in [0.4, 0.5) is 0 Å². The van der Waals surface area contributed by atoms with Crippen LogP contribution in [0.5, 0.6) is 0 Å². The summed E-state index contributed by atoms with van der Waals surface area (Å²) in [6, 6.07) is -0.852. The number of rotatable bonds is 4. The van der Waals surface area contributed by atoms with Gasteiger partial charge in [0, 0.05) is 26.1 Å². The number of likely N-dealkylation sites (N-methyl/N-ethyl adjacent to an activating group) is 1. The minimum Gasteiger partial charge on any atom is -0.477 e. The molecule has 1 amide bonds. The number of carboxylic acids is 1. The number of hydrogen-bond donors (Lipinski definition) is 2.